The molecular formula is C16H13Cl2NO2. The average Bonchev–Trinajstić information content (AvgIpc) is 2.74. The van der Waals surface area contributed by atoms with Crippen LogP contribution in [0.2, 0.25) is 10.0 Å². The number of amides is 1. The van der Waals surface area contributed by atoms with E-state index in [1.165, 1.54) is 0 Å². The summed E-state index contributed by atoms with van der Waals surface area (Å²) >= 11 is 11.8. The Labute approximate surface area is 132 Å². The molecule has 2 N–H and O–H groups in total. The lowest BCUT2D eigenvalue weighted by atomic mass is 10.1. The van der Waals surface area contributed by atoms with Gasteiger partial charge in [-0.15, -0.1) is 0 Å². The molecule has 0 aromatic heterocycles. The normalized spacial score (nSPS) is 20.1. The molecular weight excluding hydrogens is 309 g/mol. The number of benzene rings is 2. The number of carbonyl (C=O) groups is 1. The summed E-state index contributed by atoms with van der Waals surface area (Å²) in [6, 6.07) is 12.0. The second-order valence-corrected chi connectivity index (χ2v) is 5.95. The molecule has 108 valence electrons. The van der Waals surface area contributed by atoms with Crippen molar-refractivity contribution in [2.24, 2.45) is 0 Å². The Morgan fingerprint density at radius 1 is 1.14 bits per heavy atom. The molecule has 0 heterocycles. The minimum absolute atomic E-state index is 0.305. The molecule has 0 unspecified atom stereocenters. The number of nitrogens with one attached hydrogen (secondary N) is 1. The molecule has 0 spiro atoms. The summed E-state index contributed by atoms with van der Waals surface area (Å²) < 4.78 is 0. The lowest BCUT2D eigenvalue weighted by molar-refractivity contribution is 0.0858. The summed E-state index contributed by atoms with van der Waals surface area (Å²) in [4.78, 5) is 12.3. The predicted molar refractivity (Wildman–Crippen MR) is 82.8 cm³/mol. The summed E-state index contributed by atoms with van der Waals surface area (Å²) in [6.07, 6.45) is -0.0850. The number of hydrogen-bond acceptors (Lipinski definition) is 2. The molecule has 3 rings (SSSR count). The molecule has 2 atom stereocenters. The first kappa shape index (κ1) is 14.4. The molecule has 0 fully saturated rings. The zero-order chi connectivity index (χ0) is 15.0. The molecule has 0 saturated carbocycles. The summed E-state index contributed by atoms with van der Waals surface area (Å²) in [5.41, 5.74) is 2.38. The van der Waals surface area contributed by atoms with Gasteiger partial charge in [0.1, 0.15) is 0 Å². The van der Waals surface area contributed by atoms with Crippen LogP contribution in [0.25, 0.3) is 0 Å². The first-order chi connectivity index (χ1) is 10.0. The van der Waals surface area contributed by atoms with E-state index < -0.39 is 12.1 Å². The van der Waals surface area contributed by atoms with Crippen molar-refractivity contribution in [3.05, 3.63) is 69.2 Å². The smallest absolute Gasteiger partial charge is 0.251 e. The molecule has 0 bridgehead atoms. The van der Waals surface area contributed by atoms with Crippen molar-refractivity contribution in [2.75, 3.05) is 0 Å². The lowest BCUT2D eigenvalue weighted by Gasteiger charge is -2.18. The summed E-state index contributed by atoms with van der Waals surface area (Å²) in [6.45, 7) is 0. The fourth-order valence-electron chi connectivity index (χ4n) is 2.66. The Balaban J connectivity index is 1.85. The van der Waals surface area contributed by atoms with Gasteiger partial charge in [0, 0.05) is 22.0 Å². The van der Waals surface area contributed by atoms with Crippen LogP contribution in [-0.4, -0.2) is 17.1 Å². The molecule has 1 aliphatic rings. The van der Waals surface area contributed by atoms with E-state index >= 15 is 0 Å². The van der Waals surface area contributed by atoms with Crippen molar-refractivity contribution in [3.63, 3.8) is 0 Å². The van der Waals surface area contributed by atoms with Crippen LogP contribution in [0, 0.1) is 0 Å². The Morgan fingerprint density at radius 3 is 2.52 bits per heavy atom. The number of fused-ring (bicyclic) bond motifs is 1. The molecule has 2 aromatic carbocycles. The van der Waals surface area contributed by atoms with E-state index in [1.807, 2.05) is 24.3 Å². The number of rotatable bonds is 2. The first-order valence-corrected chi connectivity index (χ1v) is 7.33. The van der Waals surface area contributed by atoms with E-state index in [2.05, 4.69) is 5.32 Å². The van der Waals surface area contributed by atoms with Gasteiger partial charge in [-0.2, -0.15) is 0 Å². The highest BCUT2D eigenvalue weighted by molar-refractivity contribution is 6.35. The Bertz CT molecular complexity index is 682. The maximum Gasteiger partial charge on any atom is 0.251 e. The van der Waals surface area contributed by atoms with E-state index in [1.54, 1.807) is 18.2 Å². The number of aliphatic hydroxyl groups excluding tert-OH is 1. The monoisotopic (exact) mass is 321 g/mol. The Kier molecular flexibility index (Phi) is 3.89. The number of hydrogen-bond donors (Lipinski definition) is 2. The average molecular weight is 322 g/mol. The van der Waals surface area contributed by atoms with Gasteiger partial charge in [-0.1, -0.05) is 47.5 Å². The maximum atomic E-state index is 12.3. The fourth-order valence-corrected chi connectivity index (χ4v) is 3.18. The third kappa shape index (κ3) is 2.91. The van der Waals surface area contributed by atoms with Gasteiger partial charge in [0.15, 0.2) is 0 Å². The zero-order valence-electron chi connectivity index (χ0n) is 11.0. The van der Waals surface area contributed by atoms with Crippen LogP contribution in [0.3, 0.4) is 0 Å². The summed E-state index contributed by atoms with van der Waals surface area (Å²) in [7, 11) is 0. The first-order valence-electron chi connectivity index (χ1n) is 6.57. The van der Waals surface area contributed by atoms with Gasteiger partial charge in [-0.25, -0.2) is 0 Å². The molecule has 21 heavy (non-hydrogen) atoms. The summed E-state index contributed by atoms with van der Waals surface area (Å²) in [5, 5.41) is 13.8. The molecule has 0 radical (unpaired) electrons. The topological polar surface area (TPSA) is 49.3 Å². The molecule has 1 amide bonds. The van der Waals surface area contributed by atoms with E-state index in [9.17, 15) is 9.90 Å². The van der Waals surface area contributed by atoms with Crippen LogP contribution in [-0.2, 0) is 6.42 Å². The molecule has 5 heteroatoms. The van der Waals surface area contributed by atoms with E-state index in [4.69, 9.17) is 23.2 Å². The van der Waals surface area contributed by atoms with Gasteiger partial charge in [-0.05, 0) is 29.3 Å². The minimum Gasteiger partial charge on any atom is -0.390 e. The number of halogens is 2. The third-order valence-electron chi connectivity index (χ3n) is 3.62. The molecule has 0 aliphatic heterocycles. The van der Waals surface area contributed by atoms with E-state index in [-0.39, 0.29) is 5.91 Å². The predicted octanol–water partition coefficient (Wildman–Crippen LogP) is 3.38. The highest BCUT2D eigenvalue weighted by atomic mass is 35.5. The highest BCUT2D eigenvalue weighted by Gasteiger charge is 2.32. The van der Waals surface area contributed by atoms with Crippen molar-refractivity contribution in [1.82, 2.24) is 5.32 Å². The summed E-state index contributed by atoms with van der Waals surface area (Å²) in [5.74, 6) is -0.305. The van der Waals surface area contributed by atoms with E-state index in [0.29, 0.717) is 22.0 Å². The van der Waals surface area contributed by atoms with Gasteiger partial charge in [-0.3, -0.25) is 4.79 Å². The highest BCUT2D eigenvalue weighted by Crippen LogP contribution is 2.31. The van der Waals surface area contributed by atoms with Crippen LogP contribution < -0.4 is 5.32 Å². The maximum absolute atomic E-state index is 12.3. The standard InChI is InChI=1S/C16H13Cl2NO2/c17-11-5-10(6-12(18)8-11)16(21)19-15-13-4-2-1-3-9(13)7-14(15)20/h1-6,8,14-15,20H,7H2,(H,19,21)/t14-,15+/m1/s1. The Hall–Kier alpha value is -1.55. The second-order valence-electron chi connectivity index (χ2n) is 5.08. The van der Waals surface area contributed by atoms with Crippen LogP contribution >= 0.6 is 23.2 Å². The fraction of sp³-hybridized carbons (Fsp3) is 0.188. The third-order valence-corrected chi connectivity index (χ3v) is 4.05. The van der Waals surface area contributed by atoms with Crippen molar-refractivity contribution < 1.29 is 9.90 Å². The molecule has 2 aromatic rings. The SMILES string of the molecule is O=C(N[C@H]1c2ccccc2C[C@H]1O)c1cc(Cl)cc(Cl)c1. The minimum atomic E-state index is -0.624. The largest absolute Gasteiger partial charge is 0.390 e. The van der Waals surface area contributed by atoms with Gasteiger partial charge < -0.3 is 10.4 Å². The lowest BCUT2D eigenvalue weighted by Crippen LogP contribution is -2.33. The molecule has 1 aliphatic carbocycles. The van der Waals surface area contributed by atoms with Gasteiger partial charge in [0.2, 0.25) is 0 Å². The van der Waals surface area contributed by atoms with Gasteiger partial charge in [0.05, 0.1) is 12.1 Å². The molecule has 3 nitrogen and oxygen atoms in total. The van der Waals surface area contributed by atoms with Crippen molar-refractivity contribution in [3.8, 4) is 0 Å². The zero-order valence-corrected chi connectivity index (χ0v) is 12.5. The van der Waals surface area contributed by atoms with Crippen LogP contribution in [0.5, 0.6) is 0 Å². The number of carbonyl (C=O) groups excluding carboxylic acids is 1. The van der Waals surface area contributed by atoms with Crippen molar-refractivity contribution >= 4 is 29.1 Å². The second kappa shape index (κ2) is 5.68. The van der Waals surface area contributed by atoms with E-state index in [0.717, 1.165) is 11.1 Å². The Morgan fingerprint density at radius 2 is 1.81 bits per heavy atom. The van der Waals surface area contributed by atoms with Gasteiger partial charge >= 0.3 is 0 Å². The van der Waals surface area contributed by atoms with Crippen molar-refractivity contribution in [2.45, 2.75) is 18.6 Å². The van der Waals surface area contributed by atoms with Crippen LogP contribution in [0.1, 0.15) is 27.5 Å². The van der Waals surface area contributed by atoms with Crippen LogP contribution in [0.15, 0.2) is 42.5 Å². The van der Waals surface area contributed by atoms with Crippen molar-refractivity contribution in [1.29, 1.82) is 0 Å². The quantitative estimate of drug-likeness (QED) is 0.890. The molecule has 0 saturated heterocycles. The number of aliphatic hydroxyl groups is 1. The van der Waals surface area contributed by atoms with Gasteiger partial charge in [0.25, 0.3) is 5.91 Å². The van der Waals surface area contributed by atoms with Crippen LogP contribution in [0.4, 0.5) is 0 Å².